The number of hydrogen-bond acceptors (Lipinski definition) is 3. The monoisotopic (exact) mass is 316 g/mol. The fourth-order valence-corrected chi connectivity index (χ4v) is 2.37. The van der Waals surface area contributed by atoms with Gasteiger partial charge in [0.25, 0.3) is 0 Å². The van der Waals surface area contributed by atoms with Gasteiger partial charge in [0.1, 0.15) is 11.6 Å². The number of nitrogens with one attached hydrogen (secondary N) is 1. The SMILES string of the molecule is Cc1cc(C)c(NC(=O)CCCOc2ccc(F)cc2)c(C)n1. The van der Waals surface area contributed by atoms with E-state index in [1.807, 2.05) is 26.8 Å². The molecule has 0 radical (unpaired) electrons. The van der Waals surface area contributed by atoms with Crippen LogP contribution in [-0.2, 0) is 4.79 Å². The van der Waals surface area contributed by atoms with Gasteiger partial charge in [-0.25, -0.2) is 4.39 Å². The minimum Gasteiger partial charge on any atom is -0.494 e. The van der Waals surface area contributed by atoms with Crippen molar-refractivity contribution in [3.8, 4) is 5.75 Å². The Kier molecular flexibility index (Phi) is 5.68. The summed E-state index contributed by atoms with van der Waals surface area (Å²) in [6.45, 7) is 6.17. The molecule has 0 aliphatic carbocycles. The number of carbonyl (C=O) groups is 1. The van der Waals surface area contributed by atoms with Gasteiger partial charge in [-0.1, -0.05) is 0 Å². The van der Waals surface area contributed by atoms with Gasteiger partial charge in [0, 0.05) is 12.1 Å². The summed E-state index contributed by atoms with van der Waals surface area (Å²) in [4.78, 5) is 16.4. The van der Waals surface area contributed by atoms with Gasteiger partial charge in [-0.2, -0.15) is 0 Å². The average molecular weight is 316 g/mol. The smallest absolute Gasteiger partial charge is 0.224 e. The lowest BCUT2D eigenvalue weighted by molar-refractivity contribution is -0.116. The van der Waals surface area contributed by atoms with Crippen LogP contribution in [0.15, 0.2) is 30.3 Å². The van der Waals surface area contributed by atoms with E-state index in [1.54, 1.807) is 12.1 Å². The zero-order chi connectivity index (χ0) is 16.8. The van der Waals surface area contributed by atoms with Crippen molar-refractivity contribution in [1.82, 2.24) is 4.98 Å². The Balaban J connectivity index is 1.78. The Hall–Kier alpha value is -2.43. The molecule has 0 saturated carbocycles. The van der Waals surface area contributed by atoms with E-state index >= 15 is 0 Å². The zero-order valence-corrected chi connectivity index (χ0v) is 13.6. The summed E-state index contributed by atoms with van der Waals surface area (Å²) in [5.41, 5.74) is 3.54. The molecule has 1 heterocycles. The number of aromatic nitrogens is 1. The summed E-state index contributed by atoms with van der Waals surface area (Å²) in [6, 6.07) is 7.77. The van der Waals surface area contributed by atoms with E-state index in [0.29, 0.717) is 25.2 Å². The number of anilines is 1. The molecule has 0 saturated heterocycles. The Morgan fingerprint density at radius 3 is 2.57 bits per heavy atom. The molecule has 0 bridgehead atoms. The molecular weight excluding hydrogens is 295 g/mol. The van der Waals surface area contributed by atoms with Crippen LogP contribution in [0.5, 0.6) is 5.75 Å². The summed E-state index contributed by atoms with van der Waals surface area (Å²) < 4.78 is 18.2. The quantitative estimate of drug-likeness (QED) is 0.821. The Labute approximate surface area is 135 Å². The van der Waals surface area contributed by atoms with Gasteiger partial charge in [0.15, 0.2) is 0 Å². The number of aryl methyl sites for hydroxylation is 3. The first-order chi connectivity index (χ1) is 11.0. The highest BCUT2D eigenvalue weighted by atomic mass is 19.1. The Morgan fingerprint density at radius 1 is 1.22 bits per heavy atom. The third-order valence-electron chi connectivity index (χ3n) is 3.42. The summed E-state index contributed by atoms with van der Waals surface area (Å²) in [6.07, 6.45) is 0.939. The van der Waals surface area contributed by atoms with Crippen LogP contribution in [-0.4, -0.2) is 17.5 Å². The molecule has 0 fully saturated rings. The van der Waals surface area contributed by atoms with E-state index in [9.17, 15) is 9.18 Å². The number of ether oxygens (including phenoxy) is 1. The van der Waals surface area contributed by atoms with Crippen LogP contribution in [0.25, 0.3) is 0 Å². The molecule has 0 spiro atoms. The summed E-state index contributed by atoms with van der Waals surface area (Å²) in [7, 11) is 0. The first-order valence-corrected chi connectivity index (χ1v) is 7.59. The minimum absolute atomic E-state index is 0.0652. The van der Waals surface area contributed by atoms with E-state index < -0.39 is 0 Å². The highest BCUT2D eigenvalue weighted by Gasteiger charge is 2.09. The third-order valence-corrected chi connectivity index (χ3v) is 3.42. The van der Waals surface area contributed by atoms with E-state index in [2.05, 4.69) is 10.3 Å². The normalized spacial score (nSPS) is 10.4. The van der Waals surface area contributed by atoms with E-state index in [1.165, 1.54) is 12.1 Å². The average Bonchev–Trinajstić information content (AvgIpc) is 2.49. The van der Waals surface area contributed by atoms with Crippen LogP contribution in [0.2, 0.25) is 0 Å². The molecule has 0 aliphatic rings. The number of carbonyl (C=O) groups excluding carboxylic acids is 1. The maximum absolute atomic E-state index is 12.8. The van der Waals surface area contributed by atoms with Crippen molar-refractivity contribution in [2.45, 2.75) is 33.6 Å². The first-order valence-electron chi connectivity index (χ1n) is 7.59. The maximum Gasteiger partial charge on any atom is 0.224 e. The number of nitrogens with zero attached hydrogens (tertiary/aromatic N) is 1. The van der Waals surface area contributed by atoms with Crippen LogP contribution in [0.4, 0.5) is 10.1 Å². The molecule has 5 heteroatoms. The standard InChI is InChI=1S/C18H21FN2O2/c1-12-11-13(2)20-14(3)18(12)21-17(22)5-4-10-23-16-8-6-15(19)7-9-16/h6-9,11H,4-5,10H2,1-3H3,(H,21,22). The van der Waals surface area contributed by atoms with Crippen LogP contribution < -0.4 is 10.1 Å². The van der Waals surface area contributed by atoms with Crippen molar-refractivity contribution in [2.75, 3.05) is 11.9 Å². The van der Waals surface area contributed by atoms with Crippen molar-refractivity contribution in [3.05, 3.63) is 53.1 Å². The predicted molar refractivity (Wildman–Crippen MR) is 88.2 cm³/mol. The van der Waals surface area contributed by atoms with Gasteiger partial charge in [-0.05, 0) is 63.1 Å². The minimum atomic E-state index is -0.297. The second-order valence-corrected chi connectivity index (χ2v) is 5.50. The van der Waals surface area contributed by atoms with Crippen molar-refractivity contribution in [2.24, 2.45) is 0 Å². The number of amides is 1. The number of benzene rings is 1. The summed E-state index contributed by atoms with van der Waals surface area (Å²) in [5, 5.41) is 2.91. The van der Waals surface area contributed by atoms with Gasteiger partial charge >= 0.3 is 0 Å². The molecule has 23 heavy (non-hydrogen) atoms. The fraction of sp³-hybridized carbons (Fsp3) is 0.333. The molecule has 0 atom stereocenters. The number of rotatable bonds is 6. The van der Waals surface area contributed by atoms with Crippen molar-refractivity contribution in [3.63, 3.8) is 0 Å². The van der Waals surface area contributed by atoms with E-state index in [4.69, 9.17) is 4.74 Å². The van der Waals surface area contributed by atoms with Crippen LogP contribution in [0.3, 0.4) is 0 Å². The van der Waals surface area contributed by atoms with E-state index in [0.717, 1.165) is 22.6 Å². The van der Waals surface area contributed by atoms with E-state index in [-0.39, 0.29) is 11.7 Å². The predicted octanol–water partition coefficient (Wildman–Crippen LogP) is 3.94. The number of halogens is 1. The second-order valence-electron chi connectivity index (χ2n) is 5.50. The molecule has 2 rings (SSSR count). The summed E-state index contributed by atoms with van der Waals surface area (Å²) in [5.74, 6) is 0.236. The van der Waals surface area contributed by atoms with Gasteiger partial charge in [0.2, 0.25) is 5.91 Å². The van der Waals surface area contributed by atoms with Gasteiger partial charge in [-0.3, -0.25) is 9.78 Å². The highest BCUT2D eigenvalue weighted by Crippen LogP contribution is 2.19. The topological polar surface area (TPSA) is 51.2 Å². The Morgan fingerprint density at radius 2 is 1.91 bits per heavy atom. The number of pyridine rings is 1. The molecule has 1 aromatic carbocycles. The molecule has 0 aliphatic heterocycles. The molecule has 122 valence electrons. The maximum atomic E-state index is 12.8. The molecule has 0 unspecified atom stereocenters. The summed E-state index contributed by atoms with van der Waals surface area (Å²) >= 11 is 0. The first kappa shape index (κ1) is 16.9. The molecule has 2 aromatic rings. The molecule has 4 nitrogen and oxygen atoms in total. The van der Waals surface area contributed by atoms with Crippen LogP contribution in [0.1, 0.15) is 29.8 Å². The Bertz CT molecular complexity index is 661. The molecule has 1 amide bonds. The largest absolute Gasteiger partial charge is 0.494 e. The highest BCUT2D eigenvalue weighted by molar-refractivity contribution is 5.92. The second kappa shape index (κ2) is 7.72. The lowest BCUT2D eigenvalue weighted by Crippen LogP contribution is -2.15. The van der Waals surface area contributed by atoms with Gasteiger partial charge in [-0.15, -0.1) is 0 Å². The van der Waals surface area contributed by atoms with Crippen molar-refractivity contribution < 1.29 is 13.9 Å². The fourth-order valence-electron chi connectivity index (χ4n) is 2.37. The molecule has 1 aromatic heterocycles. The molecular formula is C18H21FN2O2. The lowest BCUT2D eigenvalue weighted by atomic mass is 10.1. The van der Waals surface area contributed by atoms with Crippen molar-refractivity contribution in [1.29, 1.82) is 0 Å². The zero-order valence-electron chi connectivity index (χ0n) is 13.6. The van der Waals surface area contributed by atoms with Crippen molar-refractivity contribution >= 4 is 11.6 Å². The van der Waals surface area contributed by atoms with Gasteiger partial charge < -0.3 is 10.1 Å². The van der Waals surface area contributed by atoms with Crippen LogP contribution >= 0.6 is 0 Å². The molecule has 1 N–H and O–H groups in total. The number of hydrogen-bond donors (Lipinski definition) is 1. The lowest BCUT2D eigenvalue weighted by Gasteiger charge is -2.12. The third kappa shape index (κ3) is 5.06. The van der Waals surface area contributed by atoms with Crippen LogP contribution in [0, 0.1) is 26.6 Å². The van der Waals surface area contributed by atoms with Gasteiger partial charge in [0.05, 0.1) is 18.0 Å².